The summed E-state index contributed by atoms with van der Waals surface area (Å²) in [5, 5.41) is 6.37. The van der Waals surface area contributed by atoms with Crippen molar-refractivity contribution in [2.24, 2.45) is 0 Å². The second-order valence-corrected chi connectivity index (χ2v) is 5.69. The Kier molecular flexibility index (Phi) is 6.80. The van der Waals surface area contributed by atoms with Crippen LogP contribution in [0.2, 0.25) is 0 Å². The van der Waals surface area contributed by atoms with Gasteiger partial charge in [0, 0.05) is 18.7 Å². The lowest BCUT2D eigenvalue weighted by Gasteiger charge is -2.40. The van der Waals surface area contributed by atoms with Crippen LogP contribution >= 0.6 is 0 Å². The van der Waals surface area contributed by atoms with Gasteiger partial charge in [-0.25, -0.2) is 0 Å². The highest BCUT2D eigenvalue weighted by molar-refractivity contribution is 5.78. The van der Waals surface area contributed by atoms with E-state index in [1.165, 1.54) is 0 Å². The maximum Gasteiger partial charge on any atom is 0.234 e. The van der Waals surface area contributed by atoms with Gasteiger partial charge in [0.1, 0.15) is 0 Å². The zero-order valence-corrected chi connectivity index (χ0v) is 12.9. The molecule has 1 aliphatic heterocycles. The van der Waals surface area contributed by atoms with Crippen LogP contribution in [-0.2, 0) is 9.53 Å². The molecular formula is C15H30N2O2. The maximum atomic E-state index is 11.8. The van der Waals surface area contributed by atoms with Crippen LogP contribution in [0.15, 0.2) is 0 Å². The maximum absolute atomic E-state index is 11.8. The topological polar surface area (TPSA) is 50.4 Å². The van der Waals surface area contributed by atoms with Gasteiger partial charge < -0.3 is 15.4 Å². The summed E-state index contributed by atoms with van der Waals surface area (Å²) in [5.74, 6) is 0.0967. The van der Waals surface area contributed by atoms with E-state index in [9.17, 15) is 4.79 Å². The van der Waals surface area contributed by atoms with Gasteiger partial charge in [-0.15, -0.1) is 0 Å². The number of hydrogen-bond acceptors (Lipinski definition) is 3. The van der Waals surface area contributed by atoms with Crippen molar-refractivity contribution in [2.45, 2.75) is 77.5 Å². The average molecular weight is 270 g/mol. The van der Waals surface area contributed by atoms with Crippen molar-refractivity contribution < 1.29 is 9.53 Å². The number of ether oxygens (including phenoxy) is 1. The lowest BCUT2D eigenvalue weighted by molar-refractivity contribution is -0.122. The fourth-order valence-corrected chi connectivity index (χ4v) is 2.61. The highest BCUT2D eigenvalue weighted by Gasteiger charge is 2.34. The Hall–Kier alpha value is -0.610. The summed E-state index contributed by atoms with van der Waals surface area (Å²) in [6.07, 6.45) is 5.06. The number of nitrogens with one attached hydrogen (secondary N) is 2. The molecule has 1 rings (SSSR count). The first kappa shape index (κ1) is 16.4. The van der Waals surface area contributed by atoms with Gasteiger partial charge in [0.15, 0.2) is 0 Å². The average Bonchev–Trinajstić information content (AvgIpc) is 2.45. The monoisotopic (exact) mass is 270 g/mol. The van der Waals surface area contributed by atoms with Gasteiger partial charge in [-0.3, -0.25) is 4.79 Å². The van der Waals surface area contributed by atoms with Crippen LogP contribution in [0.25, 0.3) is 0 Å². The number of hydrogen-bond donors (Lipinski definition) is 2. The molecule has 0 radical (unpaired) electrons. The van der Waals surface area contributed by atoms with E-state index < -0.39 is 0 Å². The third kappa shape index (κ3) is 5.11. The molecule has 4 nitrogen and oxygen atoms in total. The van der Waals surface area contributed by atoms with Gasteiger partial charge in [0.05, 0.1) is 12.1 Å². The third-order valence-corrected chi connectivity index (χ3v) is 4.35. The van der Waals surface area contributed by atoms with Gasteiger partial charge in [-0.05, 0) is 39.0 Å². The zero-order valence-electron chi connectivity index (χ0n) is 12.9. The first-order valence-corrected chi connectivity index (χ1v) is 7.72. The Morgan fingerprint density at radius 1 is 1.37 bits per heavy atom. The number of carbonyl (C=O) groups excluding carboxylic acids is 1. The molecule has 0 aromatic rings. The summed E-state index contributed by atoms with van der Waals surface area (Å²) in [6, 6.07) is 0.658. The molecule has 0 aromatic carbocycles. The molecule has 19 heavy (non-hydrogen) atoms. The van der Waals surface area contributed by atoms with E-state index >= 15 is 0 Å². The Balaban J connectivity index is 2.35. The van der Waals surface area contributed by atoms with Crippen molar-refractivity contribution >= 4 is 5.91 Å². The van der Waals surface area contributed by atoms with Gasteiger partial charge in [-0.1, -0.05) is 20.8 Å². The van der Waals surface area contributed by atoms with Crippen molar-refractivity contribution in [3.63, 3.8) is 0 Å². The van der Waals surface area contributed by atoms with Crippen molar-refractivity contribution in [2.75, 3.05) is 13.2 Å². The van der Waals surface area contributed by atoms with Crippen LogP contribution in [0, 0.1) is 0 Å². The van der Waals surface area contributed by atoms with E-state index in [-0.39, 0.29) is 17.6 Å². The molecule has 1 saturated heterocycles. The quantitative estimate of drug-likeness (QED) is 0.746. The highest BCUT2D eigenvalue weighted by atomic mass is 16.5. The molecule has 0 saturated carbocycles. The molecule has 2 atom stereocenters. The predicted octanol–water partition coefficient (Wildman–Crippen LogP) is 2.23. The molecule has 0 spiro atoms. The minimum atomic E-state index is 0.0170. The first-order valence-electron chi connectivity index (χ1n) is 7.72. The first-order chi connectivity index (χ1) is 9.05. The fraction of sp³-hybridized carbons (Fsp3) is 0.933. The van der Waals surface area contributed by atoms with E-state index in [4.69, 9.17) is 4.74 Å². The van der Waals surface area contributed by atoms with E-state index in [2.05, 4.69) is 31.4 Å². The number of carbonyl (C=O) groups is 1. The molecule has 1 fully saturated rings. The standard InChI is InChI=1S/C15H30N2O2/c1-5-12(4)17-14(18)11-16-13-8-9-19-15(6-2,7-3)10-13/h12-13,16H,5-11H2,1-4H3,(H,17,18). The van der Waals surface area contributed by atoms with Crippen LogP contribution in [0.1, 0.15) is 59.8 Å². The molecular weight excluding hydrogens is 240 g/mol. The molecule has 112 valence electrons. The van der Waals surface area contributed by atoms with Crippen molar-refractivity contribution in [1.29, 1.82) is 0 Å². The van der Waals surface area contributed by atoms with E-state index in [1.54, 1.807) is 0 Å². The molecule has 1 heterocycles. The largest absolute Gasteiger partial charge is 0.375 e. The summed E-state index contributed by atoms with van der Waals surface area (Å²) in [5.41, 5.74) is 0.0170. The minimum absolute atomic E-state index is 0.0170. The van der Waals surface area contributed by atoms with Gasteiger partial charge in [-0.2, -0.15) is 0 Å². The minimum Gasteiger partial charge on any atom is -0.375 e. The Bertz CT molecular complexity index is 277. The lowest BCUT2D eigenvalue weighted by Crippen LogP contribution is -2.49. The molecule has 0 aliphatic carbocycles. The van der Waals surface area contributed by atoms with Crippen molar-refractivity contribution in [1.82, 2.24) is 10.6 Å². The van der Waals surface area contributed by atoms with Crippen LogP contribution in [0.5, 0.6) is 0 Å². The van der Waals surface area contributed by atoms with Crippen LogP contribution < -0.4 is 10.6 Å². The Labute approximate surface area is 117 Å². The summed E-state index contributed by atoms with van der Waals surface area (Å²) < 4.78 is 5.94. The Morgan fingerprint density at radius 3 is 2.63 bits per heavy atom. The van der Waals surface area contributed by atoms with Gasteiger partial charge in [0.25, 0.3) is 0 Å². The van der Waals surface area contributed by atoms with Crippen LogP contribution in [0.3, 0.4) is 0 Å². The van der Waals surface area contributed by atoms with E-state index in [0.29, 0.717) is 12.6 Å². The molecule has 0 aromatic heterocycles. The second-order valence-electron chi connectivity index (χ2n) is 5.69. The van der Waals surface area contributed by atoms with Crippen molar-refractivity contribution in [3.8, 4) is 0 Å². The SMILES string of the molecule is CCC(C)NC(=O)CNC1CCOC(CC)(CC)C1. The summed E-state index contributed by atoms with van der Waals surface area (Å²) in [4.78, 5) is 11.8. The molecule has 2 unspecified atom stereocenters. The lowest BCUT2D eigenvalue weighted by atomic mass is 9.86. The van der Waals surface area contributed by atoms with E-state index in [1.807, 2.05) is 6.92 Å². The smallest absolute Gasteiger partial charge is 0.234 e. The van der Waals surface area contributed by atoms with E-state index in [0.717, 1.165) is 38.7 Å². The van der Waals surface area contributed by atoms with Crippen molar-refractivity contribution in [3.05, 3.63) is 0 Å². The van der Waals surface area contributed by atoms with Gasteiger partial charge in [0.2, 0.25) is 5.91 Å². The number of amides is 1. The summed E-state index contributed by atoms with van der Waals surface area (Å²) in [6.45, 7) is 9.69. The normalized spacial score (nSPS) is 23.9. The fourth-order valence-electron chi connectivity index (χ4n) is 2.61. The second kappa shape index (κ2) is 7.85. The molecule has 4 heteroatoms. The van der Waals surface area contributed by atoms with Crippen LogP contribution in [-0.4, -0.2) is 36.7 Å². The van der Waals surface area contributed by atoms with Crippen LogP contribution in [0.4, 0.5) is 0 Å². The summed E-state index contributed by atoms with van der Waals surface area (Å²) in [7, 11) is 0. The Morgan fingerprint density at radius 2 is 2.05 bits per heavy atom. The third-order valence-electron chi connectivity index (χ3n) is 4.35. The highest BCUT2D eigenvalue weighted by Crippen LogP contribution is 2.31. The number of rotatable bonds is 7. The van der Waals surface area contributed by atoms with Gasteiger partial charge >= 0.3 is 0 Å². The molecule has 1 amide bonds. The molecule has 1 aliphatic rings. The summed E-state index contributed by atoms with van der Waals surface area (Å²) >= 11 is 0. The predicted molar refractivity (Wildman–Crippen MR) is 78.2 cm³/mol. The molecule has 2 N–H and O–H groups in total. The zero-order chi connectivity index (χ0) is 14.3. The molecule has 0 bridgehead atoms.